The van der Waals surface area contributed by atoms with Crippen LogP contribution < -0.4 is 0 Å². The molecule has 0 spiro atoms. The van der Waals surface area contributed by atoms with Gasteiger partial charge in [0.2, 0.25) is 0 Å². The van der Waals surface area contributed by atoms with E-state index in [4.69, 9.17) is 5.11 Å². The molecule has 0 aromatic heterocycles. The molecule has 0 saturated carbocycles. The highest BCUT2D eigenvalue weighted by atomic mass is 16.3. The van der Waals surface area contributed by atoms with E-state index in [9.17, 15) is 10.2 Å². The lowest BCUT2D eigenvalue weighted by atomic mass is 9.93. The van der Waals surface area contributed by atoms with Gasteiger partial charge in [-0.2, -0.15) is 0 Å². The summed E-state index contributed by atoms with van der Waals surface area (Å²) in [4.78, 5) is 0. The Hall–Kier alpha value is -0.120. The van der Waals surface area contributed by atoms with E-state index in [0.29, 0.717) is 12.3 Å². The van der Waals surface area contributed by atoms with Gasteiger partial charge in [0.25, 0.3) is 0 Å². The molecule has 0 aliphatic carbocycles. The fourth-order valence-electron chi connectivity index (χ4n) is 1.16. The number of aliphatic hydroxyl groups excluding tert-OH is 2. The van der Waals surface area contributed by atoms with Gasteiger partial charge in [-0.15, -0.1) is 0 Å². The Labute approximate surface area is 80.4 Å². The molecule has 0 unspecified atom stereocenters. The largest absolute Gasteiger partial charge is 0.396 e. The van der Waals surface area contributed by atoms with E-state index in [0.717, 1.165) is 12.8 Å². The average molecular weight is 190 g/mol. The first-order valence-corrected chi connectivity index (χ1v) is 4.89. The Morgan fingerprint density at radius 2 is 1.69 bits per heavy atom. The van der Waals surface area contributed by atoms with Crippen LogP contribution >= 0.6 is 0 Å². The molecule has 0 aliphatic heterocycles. The summed E-state index contributed by atoms with van der Waals surface area (Å²) < 4.78 is 0. The summed E-state index contributed by atoms with van der Waals surface area (Å²) >= 11 is 0. The van der Waals surface area contributed by atoms with Gasteiger partial charge in [-0.3, -0.25) is 0 Å². The van der Waals surface area contributed by atoms with Crippen molar-refractivity contribution in [2.75, 3.05) is 6.61 Å². The topological polar surface area (TPSA) is 60.7 Å². The maximum atomic E-state index is 9.49. The second-order valence-corrected chi connectivity index (χ2v) is 4.36. The third-order valence-corrected chi connectivity index (χ3v) is 2.37. The molecular weight excluding hydrogens is 168 g/mol. The molecule has 3 N–H and O–H groups in total. The second kappa shape index (κ2) is 5.58. The zero-order valence-electron chi connectivity index (χ0n) is 8.82. The SMILES string of the molecule is C[C@H](CCO)CC[C@H](O)C(C)(C)O. The normalized spacial score (nSPS) is 17.1. The standard InChI is InChI=1S/C10H22O3/c1-8(6-7-11)4-5-9(12)10(2,3)13/h8-9,11-13H,4-7H2,1-3H3/t8-,9-/m0/s1. The Balaban J connectivity index is 3.63. The van der Waals surface area contributed by atoms with Crippen molar-refractivity contribution in [2.45, 2.75) is 51.7 Å². The van der Waals surface area contributed by atoms with E-state index in [1.165, 1.54) is 0 Å². The maximum Gasteiger partial charge on any atom is 0.0849 e. The lowest BCUT2D eigenvalue weighted by Crippen LogP contribution is -2.35. The molecule has 80 valence electrons. The first kappa shape index (κ1) is 12.9. The molecule has 0 rings (SSSR count). The van der Waals surface area contributed by atoms with Gasteiger partial charge in [-0.05, 0) is 39.0 Å². The fraction of sp³-hybridized carbons (Fsp3) is 1.00. The monoisotopic (exact) mass is 190 g/mol. The molecule has 0 fully saturated rings. The van der Waals surface area contributed by atoms with Crippen molar-refractivity contribution in [3.05, 3.63) is 0 Å². The quantitative estimate of drug-likeness (QED) is 0.583. The molecule has 2 atom stereocenters. The van der Waals surface area contributed by atoms with Crippen LogP contribution in [0.25, 0.3) is 0 Å². The predicted octanol–water partition coefficient (Wildman–Crippen LogP) is 0.917. The van der Waals surface area contributed by atoms with Gasteiger partial charge in [0.15, 0.2) is 0 Å². The summed E-state index contributed by atoms with van der Waals surface area (Å²) in [6, 6.07) is 0. The van der Waals surface area contributed by atoms with Crippen LogP contribution in [0.4, 0.5) is 0 Å². The number of hydrogen-bond acceptors (Lipinski definition) is 3. The van der Waals surface area contributed by atoms with Gasteiger partial charge in [0.05, 0.1) is 11.7 Å². The molecule has 0 heterocycles. The minimum absolute atomic E-state index is 0.194. The molecule has 3 nitrogen and oxygen atoms in total. The van der Waals surface area contributed by atoms with Crippen molar-refractivity contribution in [1.82, 2.24) is 0 Å². The van der Waals surface area contributed by atoms with Gasteiger partial charge in [-0.1, -0.05) is 6.92 Å². The Bertz CT molecular complexity index is 129. The highest BCUT2D eigenvalue weighted by Crippen LogP contribution is 2.18. The van der Waals surface area contributed by atoms with Gasteiger partial charge in [-0.25, -0.2) is 0 Å². The van der Waals surface area contributed by atoms with Crippen LogP contribution in [0.1, 0.15) is 40.0 Å². The van der Waals surface area contributed by atoms with Crippen molar-refractivity contribution in [3.8, 4) is 0 Å². The van der Waals surface area contributed by atoms with E-state index in [1.807, 2.05) is 6.92 Å². The van der Waals surface area contributed by atoms with Gasteiger partial charge in [0.1, 0.15) is 0 Å². The summed E-state index contributed by atoms with van der Waals surface area (Å²) in [5.41, 5.74) is -1.01. The molecule has 3 heteroatoms. The van der Waals surface area contributed by atoms with E-state index in [-0.39, 0.29) is 6.61 Å². The minimum Gasteiger partial charge on any atom is -0.396 e. The van der Waals surface area contributed by atoms with Crippen LogP contribution in [0.15, 0.2) is 0 Å². The van der Waals surface area contributed by atoms with Crippen molar-refractivity contribution in [2.24, 2.45) is 5.92 Å². The van der Waals surface area contributed by atoms with E-state index in [1.54, 1.807) is 13.8 Å². The van der Waals surface area contributed by atoms with Crippen molar-refractivity contribution in [3.63, 3.8) is 0 Å². The molecular formula is C10H22O3. The lowest BCUT2D eigenvalue weighted by Gasteiger charge is -2.25. The Morgan fingerprint density at radius 1 is 1.15 bits per heavy atom. The molecule has 0 aliphatic rings. The zero-order valence-corrected chi connectivity index (χ0v) is 8.82. The molecule has 0 radical (unpaired) electrons. The van der Waals surface area contributed by atoms with Crippen LogP contribution in [0.3, 0.4) is 0 Å². The second-order valence-electron chi connectivity index (χ2n) is 4.36. The molecule has 0 aromatic rings. The van der Waals surface area contributed by atoms with Crippen molar-refractivity contribution in [1.29, 1.82) is 0 Å². The fourth-order valence-corrected chi connectivity index (χ4v) is 1.16. The van der Waals surface area contributed by atoms with Crippen LogP contribution in [0.2, 0.25) is 0 Å². The minimum atomic E-state index is -1.01. The number of aliphatic hydroxyl groups is 3. The van der Waals surface area contributed by atoms with Crippen LogP contribution in [0, 0.1) is 5.92 Å². The molecule has 0 bridgehead atoms. The summed E-state index contributed by atoms with van der Waals surface area (Å²) in [5, 5.41) is 27.6. The Kier molecular flexibility index (Phi) is 5.53. The summed E-state index contributed by atoms with van der Waals surface area (Å²) in [6.45, 7) is 5.44. The predicted molar refractivity (Wildman–Crippen MR) is 52.4 cm³/mol. The maximum absolute atomic E-state index is 9.49. The van der Waals surface area contributed by atoms with Gasteiger partial charge in [0, 0.05) is 6.61 Å². The molecule has 0 amide bonds. The first-order chi connectivity index (χ1) is 5.88. The summed E-state index contributed by atoms with van der Waals surface area (Å²) in [5.74, 6) is 0.405. The zero-order chi connectivity index (χ0) is 10.5. The molecule has 0 saturated heterocycles. The highest BCUT2D eigenvalue weighted by molar-refractivity contribution is 4.76. The average Bonchev–Trinajstić information content (AvgIpc) is 1.99. The van der Waals surface area contributed by atoms with Crippen LogP contribution in [-0.4, -0.2) is 33.6 Å². The third kappa shape index (κ3) is 6.02. The highest BCUT2D eigenvalue weighted by Gasteiger charge is 2.24. The summed E-state index contributed by atoms with van der Waals surface area (Å²) in [7, 11) is 0. The third-order valence-electron chi connectivity index (χ3n) is 2.37. The molecule has 0 aromatic carbocycles. The van der Waals surface area contributed by atoms with Crippen LogP contribution in [0.5, 0.6) is 0 Å². The summed E-state index contributed by atoms with van der Waals surface area (Å²) in [6.07, 6.45) is 1.52. The smallest absolute Gasteiger partial charge is 0.0849 e. The van der Waals surface area contributed by atoms with Crippen molar-refractivity contribution >= 4 is 0 Å². The van der Waals surface area contributed by atoms with E-state index >= 15 is 0 Å². The van der Waals surface area contributed by atoms with Gasteiger partial charge < -0.3 is 15.3 Å². The van der Waals surface area contributed by atoms with E-state index in [2.05, 4.69) is 0 Å². The first-order valence-electron chi connectivity index (χ1n) is 4.89. The van der Waals surface area contributed by atoms with Crippen LogP contribution in [-0.2, 0) is 0 Å². The lowest BCUT2D eigenvalue weighted by molar-refractivity contribution is -0.0536. The molecule has 13 heavy (non-hydrogen) atoms. The Morgan fingerprint density at radius 3 is 2.08 bits per heavy atom. The number of hydrogen-bond donors (Lipinski definition) is 3. The van der Waals surface area contributed by atoms with E-state index < -0.39 is 11.7 Å². The van der Waals surface area contributed by atoms with Crippen molar-refractivity contribution < 1.29 is 15.3 Å². The van der Waals surface area contributed by atoms with Gasteiger partial charge >= 0.3 is 0 Å². The number of rotatable bonds is 6.